The molecular formula is C23H31N3O3. The van der Waals surface area contributed by atoms with E-state index in [0.29, 0.717) is 17.4 Å². The zero-order valence-electron chi connectivity index (χ0n) is 17.9. The third-order valence-electron chi connectivity index (χ3n) is 6.02. The first-order chi connectivity index (χ1) is 13.7. The third kappa shape index (κ3) is 4.86. The molecule has 6 heteroatoms. The van der Waals surface area contributed by atoms with E-state index < -0.39 is 5.97 Å². The zero-order valence-corrected chi connectivity index (χ0v) is 17.9. The summed E-state index contributed by atoms with van der Waals surface area (Å²) >= 11 is 0. The van der Waals surface area contributed by atoms with Crippen LogP contribution in [0.2, 0.25) is 0 Å². The van der Waals surface area contributed by atoms with E-state index in [9.17, 15) is 9.59 Å². The summed E-state index contributed by atoms with van der Waals surface area (Å²) in [4.78, 5) is 25.8. The van der Waals surface area contributed by atoms with Crippen LogP contribution in [0, 0.1) is 19.3 Å². The van der Waals surface area contributed by atoms with Gasteiger partial charge in [-0.15, -0.1) is 0 Å². The first-order valence-corrected chi connectivity index (χ1v) is 10.3. The van der Waals surface area contributed by atoms with Crippen LogP contribution in [0.3, 0.4) is 0 Å². The van der Waals surface area contributed by atoms with Crippen molar-refractivity contribution in [3.63, 3.8) is 0 Å². The SMILES string of the molecule is Cc1nn(-c2ccc(C(=O)N3CCCC(C)(C)CC3)cc2)c(C)c1CCC(=O)O. The monoisotopic (exact) mass is 397 g/mol. The smallest absolute Gasteiger partial charge is 0.303 e. The van der Waals surface area contributed by atoms with Crippen molar-refractivity contribution >= 4 is 11.9 Å². The van der Waals surface area contributed by atoms with Gasteiger partial charge in [-0.3, -0.25) is 9.59 Å². The number of hydrogen-bond donors (Lipinski definition) is 1. The number of hydrogen-bond acceptors (Lipinski definition) is 3. The van der Waals surface area contributed by atoms with E-state index in [0.717, 1.165) is 55.0 Å². The Kier molecular flexibility index (Phi) is 6.10. The van der Waals surface area contributed by atoms with Crippen LogP contribution in [0.4, 0.5) is 0 Å². The molecule has 2 heterocycles. The summed E-state index contributed by atoms with van der Waals surface area (Å²) in [6, 6.07) is 7.55. The Morgan fingerprint density at radius 1 is 1.10 bits per heavy atom. The minimum absolute atomic E-state index is 0.0877. The van der Waals surface area contributed by atoms with Crippen molar-refractivity contribution in [1.29, 1.82) is 0 Å². The first kappa shape index (κ1) is 21.1. The van der Waals surface area contributed by atoms with Gasteiger partial charge in [-0.05, 0) is 74.8 Å². The Morgan fingerprint density at radius 3 is 2.45 bits per heavy atom. The van der Waals surface area contributed by atoms with Crippen LogP contribution in [0.1, 0.15) is 66.8 Å². The van der Waals surface area contributed by atoms with E-state index in [1.54, 1.807) is 0 Å². The summed E-state index contributed by atoms with van der Waals surface area (Å²) in [6.07, 6.45) is 3.78. The Morgan fingerprint density at radius 2 is 1.79 bits per heavy atom. The molecule has 0 atom stereocenters. The number of likely N-dealkylation sites (tertiary alicyclic amines) is 1. The lowest BCUT2D eigenvalue weighted by Gasteiger charge is -2.23. The van der Waals surface area contributed by atoms with Gasteiger partial charge in [-0.25, -0.2) is 4.68 Å². The molecule has 1 aromatic carbocycles. The van der Waals surface area contributed by atoms with Crippen LogP contribution in [0.15, 0.2) is 24.3 Å². The predicted molar refractivity (Wildman–Crippen MR) is 113 cm³/mol. The highest BCUT2D eigenvalue weighted by molar-refractivity contribution is 5.94. The molecule has 0 spiro atoms. The molecule has 0 radical (unpaired) electrons. The van der Waals surface area contributed by atoms with Gasteiger partial charge in [-0.2, -0.15) is 5.10 Å². The summed E-state index contributed by atoms with van der Waals surface area (Å²) in [5.41, 5.74) is 4.63. The minimum atomic E-state index is -0.809. The maximum atomic E-state index is 12.9. The molecule has 0 unspecified atom stereocenters. The van der Waals surface area contributed by atoms with Crippen molar-refractivity contribution in [3.8, 4) is 5.69 Å². The second kappa shape index (κ2) is 8.39. The van der Waals surface area contributed by atoms with E-state index in [1.165, 1.54) is 0 Å². The Labute approximate surface area is 172 Å². The number of nitrogens with zero attached hydrogens (tertiary/aromatic N) is 3. The van der Waals surface area contributed by atoms with E-state index in [2.05, 4.69) is 18.9 Å². The van der Waals surface area contributed by atoms with Crippen molar-refractivity contribution < 1.29 is 14.7 Å². The quantitative estimate of drug-likeness (QED) is 0.822. The van der Waals surface area contributed by atoms with E-state index >= 15 is 0 Å². The second-order valence-electron chi connectivity index (χ2n) is 8.81. The fourth-order valence-electron chi connectivity index (χ4n) is 4.07. The number of amides is 1. The normalized spacial score (nSPS) is 16.5. The van der Waals surface area contributed by atoms with Crippen LogP contribution in [-0.4, -0.2) is 44.8 Å². The van der Waals surface area contributed by atoms with E-state index in [1.807, 2.05) is 47.7 Å². The molecule has 1 aliphatic heterocycles. The predicted octanol–water partition coefficient (Wildman–Crippen LogP) is 4.16. The molecule has 0 aliphatic carbocycles. The number of aromatic nitrogens is 2. The molecule has 156 valence electrons. The van der Waals surface area contributed by atoms with Gasteiger partial charge in [0.15, 0.2) is 0 Å². The molecule has 29 heavy (non-hydrogen) atoms. The molecule has 2 aromatic rings. The molecule has 3 rings (SSSR count). The number of aryl methyl sites for hydroxylation is 1. The molecule has 6 nitrogen and oxygen atoms in total. The van der Waals surface area contributed by atoms with Gasteiger partial charge in [0.05, 0.1) is 11.4 Å². The highest BCUT2D eigenvalue weighted by atomic mass is 16.4. The second-order valence-corrected chi connectivity index (χ2v) is 8.81. The van der Waals surface area contributed by atoms with Crippen molar-refractivity contribution in [2.75, 3.05) is 13.1 Å². The lowest BCUT2D eigenvalue weighted by Crippen LogP contribution is -2.32. The maximum absolute atomic E-state index is 12.9. The molecule has 1 fully saturated rings. The molecule has 1 saturated heterocycles. The number of rotatable bonds is 5. The number of aliphatic carboxylic acids is 1. The lowest BCUT2D eigenvalue weighted by atomic mass is 9.85. The zero-order chi connectivity index (χ0) is 21.2. The van der Waals surface area contributed by atoms with Gasteiger partial charge in [-0.1, -0.05) is 13.8 Å². The number of carbonyl (C=O) groups is 2. The van der Waals surface area contributed by atoms with Crippen LogP contribution in [0.25, 0.3) is 5.69 Å². The number of carboxylic acid groups (broad SMARTS) is 1. The number of carbonyl (C=O) groups excluding carboxylic acids is 1. The number of carboxylic acids is 1. The highest BCUT2D eigenvalue weighted by Gasteiger charge is 2.26. The van der Waals surface area contributed by atoms with Gasteiger partial charge < -0.3 is 10.0 Å². The molecule has 1 aromatic heterocycles. The average Bonchev–Trinajstić information content (AvgIpc) is 2.83. The van der Waals surface area contributed by atoms with Gasteiger partial charge >= 0.3 is 5.97 Å². The highest BCUT2D eigenvalue weighted by Crippen LogP contribution is 2.30. The Bertz CT molecular complexity index is 897. The van der Waals surface area contributed by atoms with Crippen molar-refractivity contribution in [2.45, 2.75) is 59.8 Å². The third-order valence-corrected chi connectivity index (χ3v) is 6.02. The molecule has 0 bridgehead atoms. The topological polar surface area (TPSA) is 75.4 Å². The summed E-state index contributed by atoms with van der Waals surface area (Å²) in [5, 5.41) is 13.5. The van der Waals surface area contributed by atoms with Crippen LogP contribution < -0.4 is 0 Å². The van der Waals surface area contributed by atoms with Crippen LogP contribution in [0.5, 0.6) is 0 Å². The first-order valence-electron chi connectivity index (χ1n) is 10.3. The Balaban J connectivity index is 1.76. The van der Waals surface area contributed by atoms with Gasteiger partial charge in [0.1, 0.15) is 0 Å². The largest absolute Gasteiger partial charge is 0.481 e. The van der Waals surface area contributed by atoms with Gasteiger partial charge in [0, 0.05) is 30.8 Å². The van der Waals surface area contributed by atoms with Crippen LogP contribution >= 0.6 is 0 Å². The summed E-state index contributed by atoms with van der Waals surface area (Å²) in [7, 11) is 0. The fraction of sp³-hybridized carbons (Fsp3) is 0.522. The van der Waals surface area contributed by atoms with Gasteiger partial charge in [0.2, 0.25) is 0 Å². The molecule has 1 amide bonds. The van der Waals surface area contributed by atoms with Crippen molar-refractivity contribution in [3.05, 3.63) is 46.8 Å². The van der Waals surface area contributed by atoms with E-state index in [4.69, 9.17) is 5.11 Å². The number of benzene rings is 1. The molecule has 0 saturated carbocycles. The molecule has 1 aliphatic rings. The summed E-state index contributed by atoms with van der Waals surface area (Å²) in [6.45, 7) is 10.0. The molecule has 1 N–H and O–H groups in total. The lowest BCUT2D eigenvalue weighted by molar-refractivity contribution is -0.136. The van der Waals surface area contributed by atoms with Crippen LogP contribution in [-0.2, 0) is 11.2 Å². The Hall–Kier alpha value is -2.63. The fourth-order valence-corrected chi connectivity index (χ4v) is 4.07. The molecular weight excluding hydrogens is 366 g/mol. The minimum Gasteiger partial charge on any atom is -0.481 e. The maximum Gasteiger partial charge on any atom is 0.303 e. The standard InChI is InChI=1S/C23H31N3O3/c1-16-20(10-11-21(27)28)17(2)26(24-16)19-8-6-18(7-9-19)22(29)25-14-5-12-23(3,4)13-15-25/h6-9H,5,10-15H2,1-4H3,(H,27,28). The summed E-state index contributed by atoms with van der Waals surface area (Å²) in [5.74, 6) is -0.721. The van der Waals surface area contributed by atoms with Gasteiger partial charge in [0.25, 0.3) is 5.91 Å². The van der Waals surface area contributed by atoms with Crippen molar-refractivity contribution in [1.82, 2.24) is 14.7 Å². The summed E-state index contributed by atoms with van der Waals surface area (Å²) < 4.78 is 1.83. The average molecular weight is 398 g/mol. The van der Waals surface area contributed by atoms with Crippen molar-refractivity contribution in [2.24, 2.45) is 5.41 Å². The van der Waals surface area contributed by atoms with E-state index in [-0.39, 0.29) is 12.3 Å².